The van der Waals surface area contributed by atoms with Gasteiger partial charge in [-0.25, -0.2) is 0 Å². The van der Waals surface area contributed by atoms with Crippen LogP contribution in [0.5, 0.6) is 0 Å². The van der Waals surface area contributed by atoms with Crippen molar-refractivity contribution in [3.63, 3.8) is 0 Å². The van der Waals surface area contributed by atoms with Crippen LogP contribution >= 0.6 is 0 Å². The molecule has 0 aliphatic heterocycles. The summed E-state index contributed by atoms with van der Waals surface area (Å²) in [6.45, 7) is 0. The average Bonchev–Trinajstić information content (AvgIpc) is 3.71. The minimum atomic E-state index is 0.913. The van der Waals surface area contributed by atoms with Gasteiger partial charge in [0.25, 0.3) is 0 Å². The van der Waals surface area contributed by atoms with E-state index < -0.39 is 0 Å². The quantitative estimate of drug-likeness (QED) is 0.153. The fraction of sp³-hybridized carbons (Fsp3) is 0. The minimum Gasteiger partial charge on any atom is -0.456 e. The van der Waals surface area contributed by atoms with Crippen molar-refractivity contribution < 1.29 is 4.42 Å². The van der Waals surface area contributed by atoms with Crippen LogP contribution in [0.4, 0.5) is 17.1 Å². The molecule has 0 atom stereocenters. The van der Waals surface area contributed by atoms with Gasteiger partial charge in [-0.05, 0) is 110 Å². The molecule has 0 radical (unpaired) electrons. The predicted molar refractivity (Wildman–Crippen MR) is 253 cm³/mol. The number of rotatable bonds is 8. The van der Waals surface area contributed by atoms with E-state index in [4.69, 9.17) is 4.42 Å². The average molecular weight is 766 g/mol. The summed E-state index contributed by atoms with van der Waals surface area (Å²) in [7, 11) is 0. The Labute approximate surface area is 349 Å². The molecule has 0 saturated carbocycles. The zero-order chi connectivity index (χ0) is 39.8. The molecule has 1 aromatic heterocycles. The second-order valence-electron chi connectivity index (χ2n) is 15.3. The van der Waals surface area contributed by atoms with E-state index in [1.165, 1.54) is 66.4 Å². The Kier molecular flexibility index (Phi) is 8.87. The van der Waals surface area contributed by atoms with Gasteiger partial charge in [0.1, 0.15) is 11.2 Å². The Morgan fingerprint density at radius 2 is 0.650 bits per heavy atom. The molecule has 0 saturated heterocycles. The van der Waals surface area contributed by atoms with E-state index in [9.17, 15) is 0 Å². The van der Waals surface area contributed by atoms with Crippen molar-refractivity contribution in [2.75, 3.05) is 4.90 Å². The molecule has 60 heavy (non-hydrogen) atoms. The first-order chi connectivity index (χ1) is 29.7. The monoisotopic (exact) mass is 765 g/mol. The highest BCUT2D eigenvalue weighted by Crippen LogP contribution is 2.43. The number of furan rings is 1. The molecule has 11 aromatic rings. The van der Waals surface area contributed by atoms with Crippen LogP contribution in [0, 0.1) is 0 Å². The molecular weight excluding hydrogens is 727 g/mol. The standard InChI is InChI=1S/C58H39NO/c1-3-11-40(12-4-1)41-19-21-42(22-20-41)44-27-32-49(33-28-44)59(56-37-36-51(47-13-5-2-6-14-47)52-15-7-8-16-53(52)56)50-34-29-45(30-35-50)43-23-25-46(26-24-43)48-31-38-58-55(39-48)54-17-9-10-18-57(54)60-58/h1-39H. The van der Waals surface area contributed by atoms with Gasteiger partial charge in [-0.1, -0.05) is 188 Å². The summed E-state index contributed by atoms with van der Waals surface area (Å²) < 4.78 is 6.08. The van der Waals surface area contributed by atoms with Crippen LogP contribution in [-0.4, -0.2) is 0 Å². The molecule has 0 N–H and O–H groups in total. The van der Waals surface area contributed by atoms with Crippen molar-refractivity contribution in [3.8, 4) is 55.6 Å². The summed E-state index contributed by atoms with van der Waals surface area (Å²) >= 11 is 0. The first kappa shape index (κ1) is 35.2. The number of anilines is 3. The molecule has 0 spiro atoms. The molecule has 0 bridgehead atoms. The van der Waals surface area contributed by atoms with Gasteiger partial charge in [0.15, 0.2) is 0 Å². The van der Waals surface area contributed by atoms with Gasteiger partial charge in [0.2, 0.25) is 0 Å². The fourth-order valence-electron chi connectivity index (χ4n) is 8.63. The summed E-state index contributed by atoms with van der Waals surface area (Å²) in [5.74, 6) is 0. The SMILES string of the molecule is c1ccc(-c2ccc(-c3ccc(N(c4ccc(-c5ccc(-c6ccc7oc8ccccc8c7c6)cc5)cc4)c4ccc(-c5ccccc5)c5ccccc45)cc3)cc2)cc1. The van der Waals surface area contributed by atoms with Gasteiger partial charge in [0, 0.05) is 27.5 Å². The molecule has 1 heterocycles. The molecule has 0 amide bonds. The minimum absolute atomic E-state index is 0.913. The van der Waals surface area contributed by atoms with Gasteiger partial charge in [0.05, 0.1) is 5.69 Å². The number of benzene rings is 10. The lowest BCUT2D eigenvalue weighted by molar-refractivity contribution is 0.669. The maximum Gasteiger partial charge on any atom is 0.135 e. The number of para-hydroxylation sites is 1. The maximum atomic E-state index is 6.08. The van der Waals surface area contributed by atoms with Gasteiger partial charge < -0.3 is 9.32 Å². The summed E-state index contributed by atoms with van der Waals surface area (Å²) in [6, 6.07) is 84.9. The predicted octanol–water partition coefficient (Wildman–Crippen LogP) is 16.5. The second-order valence-corrected chi connectivity index (χ2v) is 15.3. The van der Waals surface area contributed by atoms with Gasteiger partial charge in [-0.2, -0.15) is 0 Å². The van der Waals surface area contributed by atoms with Crippen LogP contribution in [0.1, 0.15) is 0 Å². The van der Waals surface area contributed by atoms with Crippen molar-refractivity contribution >= 4 is 49.8 Å². The molecule has 11 rings (SSSR count). The number of fused-ring (bicyclic) bond motifs is 4. The third-order valence-corrected chi connectivity index (χ3v) is 11.7. The van der Waals surface area contributed by atoms with Gasteiger partial charge >= 0.3 is 0 Å². The molecular formula is C58H39NO. The van der Waals surface area contributed by atoms with Crippen LogP contribution in [0.15, 0.2) is 241 Å². The Morgan fingerprint density at radius 3 is 1.22 bits per heavy atom. The molecule has 0 unspecified atom stereocenters. The van der Waals surface area contributed by atoms with Crippen molar-refractivity contribution in [1.82, 2.24) is 0 Å². The maximum absolute atomic E-state index is 6.08. The van der Waals surface area contributed by atoms with E-state index >= 15 is 0 Å². The lowest BCUT2D eigenvalue weighted by atomic mass is 9.96. The molecule has 0 aliphatic carbocycles. The van der Waals surface area contributed by atoms with E-state index in [-0.39, 0.29) is 0 Å². The van der Waals surface area contributed by atoms with E-state index in [1.807, 2.05) is 12.1 Å². The second kappa shape index (κ2) is 15.1. The Balaban J connectivity index is 0.946. The first-order valence-corrected chi connectivity index (χ1v) is 20.5. The summed E-state index contributed by atoms with van der Waals surface area (Å²) in [4.78, 5) is 2.39. The van der Waals surface area contributed by atoms with Crippen molar-refractivity contribution in [1.29, 1.82) is 0 Å². The van der Waals surface area contributed by atoms with E-state index in [0.29, 0.717) is 0 Å². The molecule has 0 fully saturated rings. The largest absolute Gasteiger partial charge is 0.456 e. The van der Waals surface area contributed by atoms with Crippen LogP contribution in [-0.2, 0) is 0 Å². The number of hydrogen-bond donors (Lipinski definition) is 0. The molecule has 2 heteroatoms. The molecule has 282 valence electrons. The first-order valence-electron chi connectivity index (χ1n) is 20.5. The Morgan fingerprint density at radius 1 is 0.250 bits per heavy atom. The summed E-state index contributed by atoms with van der Waals surface area (Å²) in [5, 5.41) is 4.70. The third kappa shape index (κ3) is 6.51. The molecule has 2 nitrogen and oxygen atoms in total. The highest BCUT2D eigenvalue weighted by atomic mass is 16.3. The zero-order valence-electron chi connectivity index (χ0n) is 32.9. The number of nitrogens with zero attached hydrogens (tertiary/aromatic N) is 1. The van der Waals surface area contributed by atoms with Crippen molar-refractivity contribution in [2.24, 2.45) is 0 Å². The van der Waals surface area contributed by atoms with E-state index in [0.717, 1.165) is 39.0 Å². The summed E-state index contributed by atoms with van der Waals surface area (Å²) in [6.07, 6.45) is 0. The highest BCUT2D eigenvalue weighted by molar-refractivity contribution is 6.07. The smallest absolute Gasteiger partial charge is 0.135 e. The lowest BCUT2D eigenvalue weighted by Crippen LogP contribution is -2.10. The van der Waals surface area contributed by atoms with Gasteiger partial charge in [-0.15, -0.1) is 0 Å². The topological polar surface area (TPSA) is 16.4 Å². The van der Waals surface area contributed by atoms with Crippen LogP contribution in [0.2, 0.25) is 0 Å². The van der Waals surface area contributed by atoms with Gasteiger partial charge in [-0.3, -0.25) is 0 Å². The van der Waals surface area contributed by atoms with Crippen LogP contribution in [0.3, 0.4) is 0 Å². The van der Waals surface area contributed by atoms with Crippen LogP contribution < -0.4 is 4.90 Å². The zero-order valence-corrected chi connectivity index (χ0v) is 32.9. The normalized spacial score (nSPS) is 11.3. The molecule has 10 aromatic carbocycles. The van der Waals surface area contributed by atoms with E-state index in [2.05, 4.69) is 229 Å². The lowest BCUT2D eigenvalue weighted by Gasteiger charge is -2.28. The Hall–Kier alpha value is -7.94. The highest BCUT2D eigenvalue weighted by Gasteiger charge is 2.18. The van der Waals surface area contributed by atoms with Crippen LogP contribution in [0.25, 0.3) is 88.3 Å². The fourth-order valence-corrected chi connectivity index (χ4v) is 8.63. The van der Waals surface area contributed by atoms with Crippen molar-refractivity contribution in [2.45, 2.75) is 0 Å². The third-order valence-electron chi connectivity index (χ3n) is 11.7. The Bertz CT molecular complexity index is 3260. The molecule has 0 aliphatic rings. The van der Waals surface area contributed by atoms with Crippen molar-refractivity contribution in [3.05, 3.63) is 237 Å². The van der Waals surface area contributed by atoms with E-state index in [1.54, 1.807) is 0 Å². The number of hydrogen-bond acceptors (Lipinski definition) is 2. The summed E-state index contributed by atoms with van der Waals surface area (Å²) in [5.41, 5.74) is 17.1.